The predicted molar refractivity (Wildman–Crippen MR) is 66.5 cm³/mol. The Morgan fingerprint density at radius 3 is 2.53 bits per heavy atom. The molecule has 0 saturated heterocycles. The van der Waals surface area contributed by atoms with Gasteiger partial charge in [-0.25, -0.2) is 8.78 Å². The second-order valence-electron chi connectivity index (χ2n) is 4.10. The molecule has 98 valence electrons. The molecule has 0 fully saturated rings. The molecule has 0 aliphatic rings. The van der Waals surface area contributed by atoms with Crippen molar-refractivity contribution in [1.82, 2.24) is 10.3 Å². The molecule has 1 N–H and O–H groups in total. The van der Waals surface area contributed by atoms with E-state index in [1.54, 1.807) is 19.1 Å². The summed E-state index contributed by atoms with van der Waals surface area (Å²) in [6.07, 6.45) is 3.00. The Morgan fingerprint density at radius 1 is 1.21 bits per heavy atom. The van der Waals surface area contributed by atoms with Gasteiger partial charge in [-0.2, -0.15) is 0 Å². The average molecular weight is 262 g/mol. The molecular weight excluding hydrogens is 250 g/mol. The zero-order valence-corrected chi connectivity index (χ0v) is 10.2. The SMILES string of the molecule is CC(NC(=O)c1ccncc1)c1ccc(F)cc1F. The van der Waals surface area contributed by atoms with Crippen molar-refractivity contribution in [3.05, 3.63) is 65.5 Å². The zero-order valence-electron chi connectivity index (χ0n) is 10.2. The van der Waals surface area contributed by atoms with Crippen LogP contribution in [0, 0.1) is 11.6 Å². The molecule has 0 radical (unpaired) electrons. The molecule has 0 bridgehead atoms. The van der Waals surface area contributed by atoms with E-state index in [9.17, 15) is 13.6 Å². The van der Waals surface area contributed by atoms with Gasteiger partial charge in [-0.15, -0.1) is 0 Å². The molecule has 1 heterocycles. The molecule has 2 aromatic rings. The molecule has 0 spiro atoms. The van der Waals surface area contributed by atoms with E-state index in [-0.39, 0.29) is 11.5 Å². The fourth-order valence-corrected chi connectivity index (χ4v) is 1.71. The lowest BCUT2D eigenvalue weighted by Crippen LogP contribution is -2.27. The maximum Gasteiger partial charge on any atom is 0.251 e. The van der Waals surface area contributed by atoms with Gasteiger partial charge in [0, 0.05) is 29.6 Å². The van der Waals surface area contributed by atoms with Crippen LogP contribution >= 0.6 is 0 Å². The third-order valence-corrected chi connectivity index (χ3v) is 2.72. The quantitative estimate of drug-likeness (QED) is 0.924. The van der Waals surface area contributed by atoms with Gasteiger partial charge < -0.3 is 5.32 Å². The largest absolute Gasteiger partial charge is 0.345 e. The van der Waals surface area contributed by atoms with Crippen molar-refractivity contribution >= 4 is 5.91 Å². The molecule has 19 heavy (non-hydrogen) atoms. The van der Waals surface area contributed by atoms with Crippen LogP contribution in [0.4, 0.5) is 8.78 Å². The number of carbonyl (C=O) groups excluding carboxylic acids is 1. The summed E-state index contributed by atoms with van der Waals surface area (Å²) in [5.41, 5.74) is 0.674. The molecular formula is C14H12F2N2O. The van der Waals surface area contributed by atoms with Gasteiger partial charge in [0.25, 0.3) is 5.91 Å². The number of amides is 1. The molecule has 1 aromatic heterocycles. The van der Waals surface area contributed by atoms with Crippen LogP contribution in [0.2, 0.25) is 0 Å². The Hall–Kier alpha value is -2.30. The Balaban J connectivity index is 2.13. The minimum absolute atomic E-state index is 0.240. The summed E-state index contributed by atoms with van der Waals surface area (Å²) in [5, 5.41) is 2.64. The minimum Gasteiger partial charge on any atom is -0.345 e. The van der Waals surface area contributed by atoms with E-state index in [1.807, 2.05) is 0 Å². The van der Waals surface area contributed by atoms with Crippen molar-refractivity contribution in [2.45, 2.75) is 13.0 Å². The molecule has 0 aliphatic heterocycles. The molecule has 5 heteroatoms. The summed E-state index contributed by atoms with van der Waals surface area (Å²) in [6, 6.07) is 5.84. The van der Waals surface area contributed by atoms with Crippen LogP contribution in [0.3, 0.4) is 0 Å². The normalized spacial score (nSPS) is 11.9. The van der Waals surface area contributed by atoms with Crippen LogP contribution in [0.25, 0.3) is 0 Å². The Morgan fingerprint density at radius 2 is 1.89 bits per heavy atom. The van der Waals surface area contributed by atoms with Crippen molar-refractivity contribution in [3.63, 3.8) is 0 Å². The monoisotopic (exact) mass is 262 g/mol. The molecule has 0 saturated carbocycles. The number of rotatable bonds is 3. The van der Waals surface area contributed by atoms with E-state index in [0.717, 1.165) is 12.1 Å². The molecule has 1 atom stereocenters. The van der Waals surface area contributed by atoms with Crippen LogP contribution in [0.5, 0.6) is 0 Å². The van der Waals surface area contributed by atoms with Gasteiger partial charge >= 0.3 is 0 Å². The van der Waals surface area contributed by atoms with Crippen molar-refractivity contribution in [2.75, 3.05) is 0 Å². The van der Waals surface area contributed by atoms with E-state index in [0.29, 0.717) is 5.56 Å². The number of carbonyl (C=O) groups is 1. The smallest absolute Gasteiger partial charge is 0.251 e. The zero-order chi connectivity index (χ0) is 13.8. The molecule has 0 aliphatic carbocycles. The lowest BCUT2D eigenvalue weighted by atomic mass is 10.1. The van der Waals surface area contributed by atoms with Gasteiger partial charge in [0.05, 0.1) is 6.04 Å². The second-order valence-corrected chi connectivity index (χ2v) is 4.10. The maximum atomic E-state index is 13.6. The fraction of sp³-hybridized carbons (Fsp3) is 0.143. The third kappa shape index (κ3) is 3.13. The standard InChI is InChI=1S/C14H12F2N2O/c1-9(12-3-2-11(15)8-13(12)16)18-14(19)10-4-6-17-7-5-10/h2-9H,1H3,(H,18,19). The number of hydrogen-bond donors (Lipinski definition) is 1. The van der Waals surface area contributed by atoms with Gasteiger partial charge in [-0.3, -0.25) is 9.78 Å². The highest BCUT2D eigenvalue weighted by Gasteiger charge is 2.15. The number of nitrogens with zero attached hydrogens (tertiary/aromatic N) is 1. The molecule has 1 amide bonds. The fourth-order valence-electron chi connectivity index (χ4n) is 1.71. The van der Waals surface area contributed by atoms with Crippen LogP contribution in [-0.4, -0.2) is 10.9 Å². The van der Waals surface area contributed by atoms with E-state index < -0.39 is 17.7 Å². The van der Waals surface area contributed by atoms with Gasteiger partial charge in [0.15, 0.2) is 0 Å². The minimum atomic E-state index is -0.678. The lowest BCUT2D eigenvalue weighted by Gasteiger charge is -2.15. The van der Waals surface area contributed by atoms with E-state index in [4.69, 9.17) is 0 Å². The Kier molecular flexibility index (Phi) is 3.85. The van der Waals surface area contributed by atoms with Crippen LogP contribution in [-0.2, 0) is 0 Å². The Labute approximate surface area is 109 Å². The van der Waals surface area contributed by atoms with Crippen molar-refractivity contribution in [1.29, 1.82) is 0 Å². The first kappa shape index (κ1) is 13.1. The topological polar surface area (TPSA) is 42.0 Å². The van der Waals surface area contributed by atoms with E-state index in [2.05, 4.69) is 10.3 Å². The Bertz CT molecular complexity index is 587. The van der Waals surface area contributed by atoms with Crippen molar-refractivity contribution < 1.29 is 13.6 Å². The van der Waals surface area contributed by atoms with Gasteiger partial charge in [0.1, 0.15) is 11.6 Å². The summed E-state index contributed by atoms with van der Waals surface area (Å²) in [7, 11) is 0. The molecule has 1 aromatic carbocycles. The number of hydrogen-bond acceptors (Lipinski definition) is 2. The van der Waals surface area contributed by atoms with Gasteiger partial charge in [-0.05, 0) is 25.1 Å². The number of halogens is 2. The lowest BCUT2D eigenvalue weighted by molar-refractivity contribution is 0.0939. The van der Waals surface area contributed by atoms with Crippen molar-refractivity contribution in [2.24, 2.45) is 0 Å². The average Bonchev–Trinajstić information content (AvgIpc) is 2.39. The van der Waals surface area contributed by atoms with Crippen LogP contribution < -0.4 is 5.32 Å². The number of aromatic nitrogens is 1. The first-order chi connectivity index (χ1) is 9.08. The van der Waals surface area contributed by atoms with E-state index >= 15 is 0 Å². The summed E-state index contributed by atoms with van der Waals surface area (Å²) < 4.78 is 26.4. The predicted octanol–water partition coefficient (Wildman–Crippen LogP) is 2.85. The first-order valence-electron chi connectivity index (χ1n) is 5.74. The highest BCUT2D eigenvalue weighted by atomic mass is 19.1. The third-order valence-electron chi connectivity index (χ3n) is 2.72. The van der Waals surface area contributed by atoms with E-state index in [1.165, 1.54) is 18.5 Å². The van der Waals surface area contributed by atoms with Crippen LogP contribution in [0.15, 0.2) is 42.7 Å². The van der Waals surface area contributed by atoms with Gasteiger partial charge in [0.2, 0.25) is 0 Å². The van der Waals surface area contributed by atoms with Gasteiger partial charge in [-0.1, -0.05) is 6.07 Å². The molecule has 2 rings (SSSR count). The van der Waals surface area contributed by atoms with Crippen LogP contribution in [0.1, 0.15) is 28.9 Å². The number of nitrogens with one attached hydrogen (secondary N) is 1. The summed E-state index contributed by atoms with van der Waals surface area (Å²) in [5.74, 6) is -1.66. The summed E-state index contributed by atoms with van der Waals surface area (Å²) in [4.78, 5) is 15.7. The molecule has 1 unspecified atom stereocenters. The highest BCUT2D eigenvalue weighted by molar-refractivity contribution is 5.94. The van der Waals surface area contributed by atoms with Crippen molar-refractivity contribution in [3.8, 4) is 0 Å². The highest BCUT2D eigenvalue weighted by Crippen LogP contribution is 2.18. The summed E-state index contributed by atoms with van der Waals surface area (Å²) in [6.45, 7) is 1.63. The molecule has 3 nitrogen and oxygen atoms in total. The summed E-state index contributed by atoms with van der Waals surface area (Å²) >= 11 is 0. The first-order valence-corrected chi connectivity index (χ1v) is 5.74. The number of benzene rings is 1. The number of pyridine rings is 1. The maximum absolute atomic E-state index is 13.6. The second kappa shape index (κ2) is 5.56.